The number of ether oxygens (including phenoxy) is 1. The molecule has 0 aliphatic heterocycles. The summed E-state index contributed by atoms with van der Waals surface area (Å²) in [6, 6.07) is 7.76. The van der Waals surface area contributed by atoms with Crippen LogP contribution in [0.3, 0.4) is 0 Å². The highest BCUT2D eigenvalue weighted by molar-refractivity contribution is 9.10. The highest BCUT2D eigenvalue weighted by Crippen LogP contribution is 2.17. The Labute approximate surface area is 124 Å². The van der Waals surface area contributed by atoms with E-state index in [-0.39, 0.29) is 0 Å². The quantitative estimate of drug-likeness (QED) is 0.440. The van der Waals surface area contributed by atoms with E-state index < -0.39 is 0 Å². The summed E-state index contributed by atoms with van der Waals surface area (Å²) in [7, 11) is 0. The third kappa shape index (κ3) is 4.36. The molecule has 5 nitrogen and oxygen atoms in total. The first-order valence-corrected chi connectivity index (χ1v) is 7.45. The maximum absolute atomic E-state index is 5.62. The number of rotatable bonds is 7. The number of hydrogen-bond acceptors (Lipinski definition) is 5. The minimum atomic E-state index is 0.604. The number of allylic oxidation sites excluding steroid dienone is 1. The van der Waals surface area contributed by atoms with Gasteiger partial charge >= 0.3 is 0 Å². The number of thioether (sulfide) groups is 1. The lowest BCUT2D eigenvalue weighted by Gasteiger charge is -2.05. The minimum Gasteiger partial charge on any atom is -0.493 e. The zero-order valence-corrected chi connectivity index (χ0v) is 12.6. The van der Waals surface area contributed by atoms with Gasteiger partial charge in [-0.2, -0.15) is 0 Å². The molecule has 0 spiro atoms. The maximum Gasteiger partial charge on any atom is 0.209 e. The molecule has 0 saturated heterocycles. The van der Waals surface area contributed by atoms with E-state index in [0.717, 1.165) is 21.1 Å². The van der Waals surface area contributed by atoms with Crippen LogP contribution in [0.5, 0.6) is 5.75 Å². The van der Waals surface area contributed by atoms with Gasteiger partial charge < -0.3 is 4.74 Å². The third-order valence-electron chi connectivity index (χ3n) is 2.20. The van der Waals surface area contributed by atoms with Gasteiger partial charge in [-0.05, 0) is 34.7 Å². The summed E-state index contributed by atoms with van der Waals surface area (Å²) in [5.74, 6) is 1.64. The second-order valence-corrected chi connectivity index (χ2v) is 5.56. The molecule has 7 heteroatoms. The van der Waals surface area contributed by atoms with Gasteiger partial charge in [0.2, 0.25) is 5.16 Å². The first-order valence-electron chi connectivity index (χ1n) is 5.68. The Balaban J connectivity index is 1.75. The molecule has 19 heavy (non-hydrogen) atoms. The van der Waals surface area contributed by atoms with Crippen LogP contribution in [-0.4, -0.2) is 32.6 Å². The number of aromatic nitrogens is 4. The van der Waals surface area contributed by atoms with Gasteiger partial charge in [-0.15, -0.1) is 11.7 Å². The highest BCUT2D eigenvalue weighted by Gasteiger charge is 2.04. The summed E-state index contributed by atoms with van der Waals surface area (Å²) < 4.78 is 8.36. The first kappa shape index (κ1) is 14.1. The molecule has 1 aromatic carbocycles. The van der Waals surface area contributed by atoms with Crippen molar-refractivity contribution in [2.75, 3.05) is 12.4 Å². The maximum atomic E-state index is 5.62. The van der Waals surface area contributed by atoms with E-state index in [2.05, 4.69) is 38.0 Å². The van der Waals surface area contributed by atoms with E-state index in [0.29, 0.717) is 13.2 Å². The average Bonchev–Trinajstić information content (AvgIpc) is 2.85. The van der Waals surface area contributed by atoms with Gasteiger partial charge in [0.15, 0.2) is 0 Å². The molecular weight excluding hydrogens is 328 g/mol. The number of nitrogens with zero attached hydrogens (tertiary/aromatic N) is 4. The van der Waals surface area contributed by atoms with Gasteiger partial charge in [0.1, 0.15) is 5.75 Å². The molecule has 2 rings (SSSR count). The van der Waals surface area contributed by atoms with Crippen molar-refractivity contribution >= 4 is 27.7 Å². The van der Waals surface area contributed by atoms with Crippen molar-refractivity contribution in [2.24, 2.45) is 0 Å². The van der Waals surface area contributed by atoms with Crippen molar-refractivity contribution in [2.45, 2.75) is 11.7 Å². The van der Waals surface area contributed by atoms with Crippen LogP contribution in [-0.2, 0) is 6.54 Å². The molecular formula is C12H13BrN4OS. The largest absolute Gasteiger partial charge is 0.493 e. The van der Waals surface area contributed by atoms with Crippen LogP contribution in [0.15, 0.2) is 46.5 Å². The highest BCUT2D eigenvalue weighted by atomic mass is 79.9. The lowest BCUT2D eigenvalue weighted by Crippen LogP contribution is -2.03. The molecule has 2 aromatic rings. The Kier molecular flexibility index (Phi) is 5.41. The summed E-state index contributed by atoms with van der Waals surface area (Å²) in [6.07, 6.45) is 1.76. The zero-order valence-electron chi connectivity index (χ0n) is 10.2. The molecule has 1 heterocycles. The van der Waals surface area contributed by atoms with Crippen LogP contribution >= 0.6 is 27.7 Å². The predicted molar refractivity (Wildman–Crippen MR) is 78.4 cm³/mol. The molecule has 0 saturated carbocycles. The normalized spacial score (nSPS) is 10.4. The molecule has 0 aliphatic rings. The van der Waals surface area contributed by atoms with Gasteiger partial charge in [-0.25, -0.2) is 4.68 Å². The van der Waals surface area contributed by atoms with Crippen molar-refractivity contribution in [3.63, 3.8) is 0 Å². The average molecular weight is 341 g/mol. The van der Waals surface area contributed by atoms with Crippen LogP contribution in [0.4, 0.5) is 0 Å². The van der Waals surface area contributed by atoms with E-state index in [1.54, 1.807) is 22.5 Å². The summed E-state index contributed by atoms with van der Waals surface area (Å²) in [5.41, 5.74) is 0. The molecule has 0 unspecified atom stereocenters. The number of hydrogen-bond donors (Lipinski definition) is 0. The number of halogens is 1. The molecule has 0 fully saturated rings. The lowest BCUT2D eigenvalue weighted by atomic mass is 10.3. The summed E-state index contributed by atoms with van der Waals surface area (Å²) in [5, 5.41) is 12.2. The van der Waals surface area contributed by atoms with Crippen molar-refractivity contribution in [1.29, 1.82) is 0 Å². The third-order valence-corrected chi connectivity index (χ3v) is 3.65. The predicted octanol–water partition coefficient (Wildman–Crippen LogP) is 2.79. The molecule has 0 N–H and O–H groups in total. The SMILES string of the molecule is C=CCn1nnnc1SCCOc1ccc(Br)cc1. The van der Waals surface area contributed by atoms with E-state index in [9.17, 15) is 0 Å². The van der Waals surface area contributed by atoms with Crippen LogP contribution in [0.2, 0.25) is 0 Å². The fraction of sp³-hybridized carbons (Fsp3) is 0.250. The van der Waals surface area contributed by atoms with Crippen LogP contribution < -0.4 is 4.74 Å². The molecule has 0 aliphatic carbocycles. The monoisotopic (exact) mass is 340 g/mol. The Morgan fingerprint density at radius 1 is 1.37 bits per heavy atom. The Hall–Kier alpha value is -1.34. The van der Waals surface area contributed by atoms with Crippen molar-refractivity contribution in [3.8, 4) is 5.75 Å². The van der Waals surface area contributed by atoms with E-state index in [1.807, 2.05) is 24.3 Å². The topological polar surface area (TPSA) is 52.8 Å². The first-order chi connectivity index (χ1) is 9.29. The van der Waals surface area contributed by atoms with Gasteiger partial charge in [0, 0.05) is 10.2 Å². The van der Waals surface area contributed by atoms with Gasteiger partial charge in [-0.3, -0.25) is 0 Å². The molecule has 0 radical (unpaired) electrons. The number of tetrazole rings is 1. The summed E-state index contributed by atoms with van der Waals surface area (Å²) in [6.45, 7) is 4.88. The molecule has 0 atom stereocenters. The van der Waals surface area contributed by atoms with Crippen molar-refractivity contribution in [1.82, 2.24) is 20.2 Å². The number of benzene rings is 1. The lowest BCUT2D eigenvalue weighted by molar-refractivity contribution is 0.343. The van der Waals surface area contributed by atoms with Gasteiger partial charge in [0.25, 0.3) is 0 Å². The molecule has 0 amide bonds. The zero-order chi connectivity index (χ0) is 13.5. The Morgan fingerprint density at radius 3 is 2.89 bits per heavy atom. The van der Waals surface area contributed by atoms with Crippen molar-refractivity contribution < 1.29 is 4.74 Å². The standard InChI is InChI=1S/C12H13BrN4OS/c1-2-7-17-12(14-15-16-17)19-9-8-18-11-5-3-10(13)4-6-11/h2-6H,1,7-9H2. The second kappa shape index (κ2) is 7.30. The van der Waals surface area contributed by atoms with E-state index >= 15 is 0 Å². The fourth-order valence-electron chi connectivity index (χ4n) is 1.36. The van der Waals surface area contributed by atoms with E-state index in [1.165, 1.54) is 0 Å². The molecule has 1 aromatic heterocycles. The van der Waals surface area contributed by atoms with E-state index in [4.69, 9.17) is 4.74 Å². The Morgan fingerprint density at radius 2 is 2.16 bits per heavy atom. The van der Waals surface area contributed by atoms with Gasteiger partial charge in [0.05, 0.1) is 13.2 Å². The second-order valence-electron chi connectivity index (χ2n) is 3.58. The smallest absolute Gasteiger partial charge is 0.209 e. The van der Waals surface area contributed by atoms with Crippen molar-refractivity contribution in [3.05, 3.63) is 41.4 Å². The Bertz CT molecular complexity index is 529. The minimum absolute atomic E-state index is 0.604. The molecule has 100 valence electrons. The summed E-state index contributed by atoms with van der Waals surface area (Å²) >= 11 is 4.94. The summed E-state index contributed by atoms with van der Waals surface area (Å²) in [4.78, 5) is 0. The fourth-order valence-corrected chi connectivity index (χ4v) is 2.33. The van der Waals surface area contributed by atoms with Gasteiger partial charge in [-0.1, -0.05) is 33.8 Å². The van der Waals surface area contributed by atoms with Crippen LogP contribution in [0.25, 0.3) is 0 Å². The van der Waals surface area contributed by atoms with Crippen LogP contribution in [0, 0.1) is 0 Å². The molecule has 0 bridgehead atoms. The van der Waals surface area contributed by atoms with Crippen LogP contribution in [0.1, 0.15) is 0 Å².